The molecule has 0 spiro atoms. The van der Waals surface area contributed by atoms with E-state index in [-0.39, 0.29) is 11.3 Å². The first-order chi connectivity index (χ1) is 9.59. The molecule has 0 amide bonds. The monoisotopic (exact) mass is 331 g/mol. The van der Waals surface area contributed by atoms with Gasteiger partial charge in [0, 0.05) is 10.5 Å². The Balaban J connectivity index is 2.30. The van der Waals surface area contributed by atoms with E-state index < -0.39 is 10.7 Å². The zero-order valence-corrected chi connectivity index (χ0v) is 11.9. The van der Waals surface area contributed by atoms with Gasteiger partial charge in [-0.15, -0.1) is 0 Å². The zero-order valence-electron chi connectivity index (χ0n) is 10.3. The van der Waals surface area contributed by atoms with Crippen LogP contribution < -0.4 is 0 Å². The Morgan fingerprint density at radius 1 is 1.10 bits per heavy atom. The number of nitro groups is 1. The van der Waals surface area contributed by atoms with E-state index >= 15 is 0 Å². The van der Waals surface area contributed by atoms with Gasteiger partial charge in [0.1, 0.15) is 0 Å². The van der Waals surface area contributed by atoms with Crippen LogP contribution in [0.1, 0.15) is 15.9 Å². The van der Waals surface area contributed by atoms with Crippen LogP contribution in [0.2, 0.25) is 0 Å². The number of halogens is 1. The number of carbonyl (C=O) groups excluding carboxylic acids is 1. The van der Waals surface area contributed by atoms with Crippen molar-refractivity contribution >= 4 is 33.5 Å². The summed E-state index contributed by atoms with van der Waals surface area (Å²) in [5, 5.41) is 10.9. The fourth-order valence-electron chi connectivity index (χ4n) is 1.71. The number of benzene rings is 2. The molecule has 0 fully saturated rings. The molecule has 0 radical (unpaired) electrons. The van der Waals surface area contributed by atoms with Crippen molar-refractivity contribution in [3.8, 4) is 0 Å². The molecule has 0 aromatic heterocycles. The van der Waals surface area contributed by atoms with Crippen molar-refractivity contribution in [3.63, 3.8) is 0 Å². The van der Waals surface area contributed by atoms with Gasteiger partial charge in [-0.05, 0) is 29.8 Å². The van der Waals surface area contributed by atoms with Crippen LogP contribution in [0, 0.1) is 10.1 Å². The molecule has 20 heavy (non-hydrogen) atoms. The van der Waals surface area contributed by atoms with Gasteiger partial charge >= 0.3 is 0 Å². The lowest BCUT2D eigenvalue weighted by atomic mass is 10.1. The van der Waals surface area contributed by atoms with Gasteiger partial charge in [-0.2, -0.15) is 0 Å². The van der Waals surface area contributed by atoms with E-state index in [2.05, 4.69) is 15.9 Å². The molecule has 0 saturated heterocycles. The van der Waals surface area contributed by atoms with Crippen molar-refractivity contribution < 1.29 is 9.72 Å². The summed E-state index contributed by atoms with van der Waals surface area (Å²) in [7, 11) is 0. The average molecular weight is 332 g/mol. The highest BCUT2D eigenvalue weighted by molar-refractivity contribution is 9.10. The second-order valence-corrected chi connectivity index (χ2v) is 4.85. The molecule has 2 aromatic rings. The SMILES string of the molecule is O=C(/C=C/c1ccccc1Br)c1ccccc1[N+](=O)[O-]. The number of carbonyl (C=O) groups is 1. The molecule has 4 nitrogen and oxygen atoms in total. The minimum Gasteiger partial charge on any atom is -0.289 e. The van der Waals surface area contributed by atoms with Gasteiger partial charge in [0.05, 0.1) is 10.5 Å². The summed E-state index contributed by atoms with van der Waals surface area (Å²) in [6, 6.07) is 13.3. The summed E-state index contributed by atoms with van der Waals surface area (Å²) in [6.07, 6.45) is 2.96. The summed E-state index contributed by atoms with van der Waals surface area (Å²) in [4.78, 5) is 22.4. The Labute approximate surface area is 124 Å². The normalized spacial score (nSPS) is 10.7. The Kier molecular flexibility index (Phi) is 4.42. The molecule has 5 heteroatoms. The van der Waals surface area contributed by atoms with Gasteiger partial charge in [-0.25, -0.2) is 0 Å². The van der Waals surface area contributed by atoms with Gasteiger partial charge in [0.2, 0.25) is 0 Å². The van der Waals surface area contributed by atoms with Crippen molar-refractivity contribution in [1.29, 1.82) is 0 Å². The van der Waals surface area contributed by atoms with Gasteiger partial charge in [0.15, 0.2) is 5.78 Å². The molecule has 2 aromatic carbocycles. The van der Waals surface area contributed by atoms with Gasteiger partial charge in [-0.3, -0.25) is 14.9 Å². The maximum absolute atomic E-state index is 12.0. The van der Waals surface area contributed by atoms with E-state index in [0.29, 0.717) is 0 Å². The van der Waals surface area contributed by atoms with E-state index in [1.165, 1.54) is 24.3 Å². The van der Waals surface area contributed by atoms with Crippen LogP contribution in [0.15, 0.2) is 59.1 Å². The molecule has 0 heterocycles. The molecule has 0 atom stereocenters. The van der Waals surface area contributed by atoms with E-state index in [4.69, 9.17) is 0 Å². The second-order valence-electron chi connectivity index (χ2n) is 3.99. The lowest BCUT2D eigenvalue weighted by molar-refractivity contribution is -0.385. The molecule has 0 aliphatic carbocycles. The summed E-state index contributed by atoms with van der Waals surface area (Å²) < 4.78 is 0.853. The lowest BCUT2D eigenvalue weighted by Gasteiger charge is -1.99. The van der Waals surface area contributed by atoms with Crippen LogP contribution in [0.25, 0.3) is 6.08 Å². The summed E-state index contributed by atoms with van der Waals surface area (Å²) in [5.74, 6) is -0.395. The Bertz CT molecular complexity index is 695. The van der Waals surface area contributed by atoms with E-state index in [0.717, 1.165) is 10.0 Å². The number of hydrogen-bond acceptors (Lipinski definition) is 3. The Hall–Kier alpha value is -2.27. The van der Waals surface area contributed by atoms with Crippen molar-refractivity contribution in [1.82, 2.24) is 0 Å². The largest absolute Gasteiger partial charge is 0.289 e. The first-order valence-electron chi connectivity index (χ1n) is 5.80. The second kappa shape index (κ2) is 6.25. The standard InChI is InChI=1S/C15H10BrNO3/c16-13-7-3-1-5-11(13)9-10-15(18)12-6-2-4-8-14(12)17(19)20/h1-10H/b10-9+. The first-order valence-corrected chi connectivity index (χ1v) is 6.59. The number of nitro benzene ring substituents is 1. The molecular weight excluding hydrogens is 322 g/mol. The summed E-state index contributed by atoms with van der Waals surface area (Å²) in [6.45, 7) is 0. The molecule has 0 aliphatic heterocycles. The maximum atomic E-state index is 12.0. The van der Waals surface area contributed by atoms with Gasteiger partial charge in [0.25, 0.3) is 5.69 Å². The molecule has 0 aliphatic rings. The highest BCUT2D eigenvalue weighted by Gasteiger charge is 2.16. The van der Waals surface area contributed by atoms with E-state index in [9.17, 15) is 14.9 Å². The van der Waals surface area contributed by atoms with Crippen LogP contribution in [0.4, 0.5) is 5.69 Å². The first kappa shape index (κ1) is 14.1. The number of ketones is 1. The van der Waals surface area contributed by atoms with E-state index in [1.807, 2.05) is 24.3 Å². The molecule has 0 saturated carbocycles. The minimum absolute atomic E-state index is 0.0841. The highest BCUT2D eigenvalue weighted by atomic mass is 79.9. The Morgan fingerprint density at radius 3 is 2.45 bits per heavy atom. The van der Waals surface area contributed by atoms with Crippen LogP contribution >= 0.6 is 15.9 Å². The van der Waals surface area contributed by atoms with Crippen molar-refractivity contribution in [2.45, 2.75) is 0 Å². The average Bonchev–Trinajstić information content (AvgIpc) is 2.46. The molecular formula is C15H10BrNO3. The third-order valence-corrected chi connectivity index (χ3v) is 3.41. The number of para-hydroxylation sites is 1. The number of hydrogen-bond donors (Lipinski definition) is 0. The minimum atomic E-state index is -0.556. The maximum Gasteiger partial charge on any atom is 0.280 e. The van der Waals surface area contributed by atoms with Crippen LogP contribution in [0.3, 0.4) is 0 Å². The summed E-state index contributed by atoms with van der Waals surface area (Å²) >= 11 is 3.37. The van der Waals surface area contributed by atoms with Gasteiger partial charge in [-0.1, -0.05) is 46.3 Å². The third kappa shape index (κ3) is 3.19. The fourth-order valence-corrected chi connectivity index (χ4v) is 2.12. The fraction of sp³-hybridized carbons (Fsp3) is 0. The van der Waals surface area contributed by atoms with Crippen molar-refractivity contribution in [3.05, 3.63) is 80.3 Å². The van der Waals surface area contributed by atoms with Crippen LogP contribution in [-0.4, -0.2) is 10.7 Å². The highest BCUT2D eigenvalue weighted by Crippen LogP contribution is 2.20. The zero-order chi connectivity index (χ0) is 14.5. The smallest absolute Gasteiger partial charge is 0.280 e. The predicted molar refractivity (Wildman–Crippen MR) is 80.6 cm³/mol. The number of nitrogens with zero attached hydrogens (tertiary/aromatic N) is 1. The lowest BCUT2D eigenvalue weighted by Crippen LogP contribution is -2.00. The molecule has 0 unspecified atom stereocenters. The summed E-state index contributed by atoms with van der Waals surface area (Å²) in [5.41, 5.74) is 0.731. The Morgan fingerprint density at radius 2 is 1.75 bits per heavy atom. The quantitative estimate of drug-likeness (QED) is 0.364. The topological polar surface area (TPSA) is 60.2 Å². The van der Waals surface area contributed by atoms with Crippen molar-refractivity contribution in [2.24, 2.45) is 0 Å². The van der Waals surface area contributed by atoms with Crippen molar-refractivity contribution in [2.75, 3.05) is 0 Å². The third-order valence-electron chi connectivity index (χ3n) is 2.69. The number of rotatable bonds is 4. The van der Waals surface area contributed by atoms with Gasteiger partial charge < -0.3 is 0 Å². The molecule has 0 bridgehead atoms. The van der Waals surface area contributed by atoms with Crippen LogP contribution in [-0.2, 0) is 0 Å². The molecule has 100 valence electrons. The number of allylic oxidation sites excluding steroid dienone is 1. The molecule has 0 N–H and O–H groups in total. The van der Waals surface area contributed by atoms with E-state index in [1.54, 1.807) is 12.1 Å². The molecule has 2 rings (SSSR count). The van der Waals surface area contributed by atoms with Crippen LogP contribution in [0.5, 0.6) is 0 Å². The predicted octanol–water partition coefficient (Wildman–Crippen LogP) is 4.25.